The standard InChI is InChI=1S/C23H29N3O2/c1-15-10-12-26(13-11-15)14-17-6-8-18(9-7-17)24-23(28)22-16(2)21-19(25-22)4-3-5-20(21)27/h6-9,15,25H,3-5,10-14H2,1-2H3,(H,24,28). The van der Waals surface area contributed by atoms with Gasteiger partial charge in [0, 0.05) is 29.9 Å². The number of carbonyl (C=O) groups excluding carboxylic acids is 2. The number of likely N-dealkylation sites (tertiary alicyclic amines) is 1. The van der Waals surface area contributed by atoms with Gasteiger partial charge in [0.1, 0.15) is 5.69 Å². The third kappa shape index (κ3) is 3.90. The first kappa shape index (κ1) is 18.9. The first-order valence-electron chi connectivity index (χ1n) is 10.4. The van der Waals surface area contributed by atoms with Crippen LogP contribution in [0, 0.1) is 12.8 Å². The van der Waals surface area contributed by atoms with E-state index in [9.17, 15) is 9.59 Å². The molecule has 0 unspecified atom stereocenters. The maximum absolute atomic E-state index is 12.7. The van der Waals surface area contributed by atoms with Crippen molar-refractivity contribution in [2.45, 2.75) is 52.5 Å². The summed E-state index contributed by atoms with van der Waals surface area (Å²) >= 11 is 0. The molecule has 148 valence electrons. The lowest BCUT2D eigenvalue weighted by Crippen LogP contribution is -2.32. The number of carbonyl (C=O) groups is 2. The van der Waals surface area contributed by atoms with Crippen LogP contribution in [0.1, 0.15) is 70.3 Å². The summed E-state index contributed by atoms with van der Waals surface area (Å²) in [5.41, 5.74) is 4.96. The number of fused-ring (bicyclic) bond motifs is 1. The number of Topliss-reactive ketones (excluding diaryl/α,β-unsaturated/α-hetero) is 1. The molecule has 2 aromatic rings. The highest BCUT2D eigenvalue weighted by Crippen LogP contribution is 2.27. The third-order valence-electron chi connectivity index (χ3n) is 6.16. The predicted molar refractivity (Wildman–Crippen MR) is 111 cm³/mol. The average molecular weight is 380 g/mol. The molecule has 1 amide bonds. The van der Waals surface area contributed by atoms with Gasteiger partial charge in [-0.1, -0.05) is 19.1 Å². The smallest absolute Gasteiger partial charge is 0.272 e. The molecule has 28 heavy (non-hydrogen) atoms. The zero-order valence-electron chi connectivity index (χ0n) is 16.8. The van der Waals surface area contributed by atoms with Gasteiger partial charge in [-0.2, -0.15) is 0 Å². The zero-order chi connectivity index (χ0) is 19.7. The van der Waals surface area contributed by atoms with Crippen molar-refractivity contribution in [2.24, 2.45) is 5.92 Å². The number of aromatic nitrogens is 1. The van der Waals surface area contributed by atoms with Crippen LogP contribution in [0.15, 0.2) is 24.3 Å². The number of hydrogen-bond donors (Lipinski definition) is 2. The quantitative estimate of drug-likeness (QED) is 0.831. The first-order valence-corrected chi connectivity index (χ1v) is 10.4. The molecule has 5 heteroatoms. The van der Waals surface area contributed by atoms with Crippen molar-refractivity contribution in [1.29, 1.82) is 0 Å². The van der Waals surface area contributed by atoms with E-state index in [1.807, 2.05) is 19.1 Å². The highest BCUT2D eigenvalue weighted by atomic mass is 16.2. The number of nitrogens with zero attached hydrogens (tertiary/aromatic N) is 1. The van der Waals surface area contributed by atoms with Crippen LogP contribution in [0.25, 0.3) is 0 Å². The monoisotopic (exact) mass is 379 g/mol. The Kier molecular flexibility index (Phi) is 5.36. The van der Waals surface area contributed by atoms with Crippen molar-refractivity contribution in [1.82, 2.24) is 9.88 Å². The van der Waals surface area contributed by atoms with E-state index in [1.165, 1.54) is 18.4 Å². The largest absolute Gasteiger partial charge is 0.354 e. The van der Waals surface area contributed by atoms with Gasteiger partial charge in [0.25, 0.3) is 5.91 Å². The summed E-state index contributed by atoms with van der Waals surface area (Å²) in [4.78, 5) is 30.6. The number of benzene rings is 1. The molecule has 2 N–H and O–H groups in total. The SMILES string of the molecule is Cc1c(C(=O)Nc2ccc(CN3CCC(C)CC3)cc2)[nH]c2c1C(=O)CCC2. The second kappa shape index (κ2) is 7.92. The first-order chi connectivity index (χ1) is 13.5. The number of anilines is 1. The fourth-order valence-corrected chi connectivity index (χ4v) is 4.37. The van der Waals surface area contributed by atoms with Gasteiger partial charge in [-0.3, -0.25) is 14.5 Å². The molecule has 0 saturated carbocycles. The zero-order valence-corrected chi connectivity index (χ0v) is 16.8. The van der Waals surface area contributed by atoms with Crippen molar-refractivity contribution in [3.8, 4) is 0 Å². The van der Waals surface area contributed by atoms with E-state index in [-0.39, 0.29) is 11.7 Å². The minimum atomic E-state index is -0.183. The Morgan fingerprint density at radius 3 is 2.57 bits per heavy atom. The number of rotatable bonds is 4. The van der Waals surface area contributed by atoms with Crippen molar-refractivity contribution in [3.05, 3.63) is 52.3 Å². The van der Waals surface area contributed by atoms with Gasteiger partial charge >= 0.3 is 0 Å². The Balaban J connectivity index is 1.41. The number of hydrogen-bond acceptors (Lipinski definition) is 3. The lowest BCUT2D eigenvalue weighted by atomic mass is 9.94. The molecule has 1 aliphatic heterocycles. The number of ketones is 1. The van der Waals surface area contributed by atoms with Gasteiger partial charge in [-0.05, 0) is 74.9 Å². The third-order valence-corrected chi connectivity index (χ3v) is 6.16. The average Bonchev–Trinajstić information content (AvgIpc) is 3.03. The van der Waals surface area contributed by atoms with Crippen molar-refractivity contribution in [3.63, 3.8) is 0 Å². The normalized spacial score (nSPS) is 18.1. The van der Waals surface area contributed by atoms with Crippen molar-refractivity contribution < 1.29 is 9.59 Å². The van der Waals surface area contributed by atoms with Crippen LogP contribution in [0.5, 0.6) is 0 Å². The van der Waals surface area contributed by atoms with E-state index in [4.69, 9.17) is 0 Å². The van der Waals surface area contributed by atoms with Gasteiger partial charge in [-0.25, -0.2) is 0 Å². The predicted octanol–water partition coefficient (Wildman–Crippen LogP) is 4.33. The number of aryl methyl sites for hydroxylation is 1. The minimum absolute atomic E-state index is 0.144. The fourth-order valence-electron chi connectivity index (χ4n) is 4.37. The van der Waals surface area contributed by atoms with Gasteiger partial charge in [0.2, 0.25) is 0 Å². The number of piperidine rings is 1. The second-order valence-electron chi connectivity index (χ2n) is 8.37. The summed E-state index contributed by atoms with van der Waals surface area (Å²) in [5.74, 6) is 0.800. The van der Waals surface area contributed by atoms with Crippen LogP contribution < -0.4 is 5.32 Å². The highest BCUT2D eigenvalue weighted by molar-refractivity contribution is 6.08. The van der Waals surface area contributed by atoms with Gasteiger partial charge in [0.05, 0.1) is 0 Å². The van der Waals surface area contributed by atoms with Crippen LogP contribution in [-0.2, 0) is 13.0 Å². The van der Waals surface area contributed by atoms with E-state index < -0.39 is 0 Å². The summed E-state index contributed by atoms with van der Waals surface area (Å²) < 4.78 is 0. The molecule has 4 rings (SSSR count). The molecule has 0 radical (unpaired) electrons. The van der Waals surface area contributed by atoms with Crippen molar-refractivity contribution in [2.75, 3.05) is 18.4 Å². The summed E-state index contributed by atoms with van der Waals surface area (Å²) in [6, 6.07) is 8.10. The van der Waals surface area contributed by atoms with E-state index in [0.717, 1.165) is 60.9 Å². The molecule has 2 heterocycles. The molecule has 1 saturated heterocycles. The summed E-state index contributed by atoms with van der Waals surface area (Å²) in [6.45, 7) is 7.47. The molecule has 0 atom stereocenters. The van der Waals surface area contributed by atoms with Gasteiger partial charge in [-0.15, -0.1) is 0 Å². The molecule has 1 aliphatic carbocycles. The van der Waals surface area contributed by atoms with E-state index in [2.05, 4.69) is 34.3 Å². The molecule has 1 aromatic carbocycles. The van der Waals surface area contributed by atoms with Crippen LogP contribution in [0.4, 0.5) is 5.69 Å². The van der Waals surface area contributed by atoms with Crippen LogP contribution in [-0.4, -0.2) is 34.7 Å². The molecular weight excluding hydrogens is 350 g/mol. The van der Waals surface area contributed by atoms with E-state index in [1.54, 1.807) is 0 Å². The topological polar surface area (TPSA) is 65.2 Å². The molecule has 0 bridgehead atoms. The highest BCUT2D eigenvalue weighted by Gasteiger charge is 2.26. The number of nitrogens with one attached hydrogen (secondary N) is 2. The maximum atomic E-state index is 12.7. The van der Waals surface area contributed by atoms with Crippen LogP contribution in [0.3, 0.4) is 0 Å². The molecule has 2 aliphatic rings. The summed E-state index contributed by atoms with van der Waals surface area (Å²) in [5, 5.41) is 2.96. The van der Waals surface area contributed by atoms with Gasteiger partial charge in [0.15, 0.2) is 5.78 Å². The Morgan fingerprint density at radius 2 is 1.89 bits per heavy atom. The Morgan fingerprint density at radius 1 is 1.18 bits per heavy atom. The van der Waals surface area contributed by atoms with Crippen LogP contribution in [0.2, 0.25) is 0 Å². The fraction of sp³-hybridized carbons (Fsp3) is 0.478. The molecular formula is C23H29N3O2. The number of aromatic amines is 1. The Bertz CT molecular complexity index is 874. The Hall–Kier alpha value is -2.40. The summed E-state index contributed by atoms with van der Waals surface area (Å²) in [7, 11) is 0. The lowest BCUT2D eigenvalue weighted by molar-refractivity contribution is 0.0971. The minimum Gasteiger partial charge on any atom is -0.354 e. The van der Waals surface area contributed by atoms with E-state index in [0.29, 0.717) is 12.1 Å². The lowest BCUT2D eigenvalue weighted by Gasteiger charge is -2.30. The molecule has 0 spiro atoms. The van der Waals surface area contributed by atoms with Crippen LogP contribution >= 0.6 is 0 Å². The summed E-state index contributed by atoms with van der Waals surface area (Å²) in [6.07, 6.45) is 4.81. The number of H-pyrrole nitrogens is 1. The second-order valence-corrected chi connectivity index (χ2v) is 8.37. The Labute approximate surface area is 166 Å². The molecule has 5 nitrogen and oxygen atoms in total. The van der Waals surface area contributed by atoms with E-state index >= 15 is 0 Å². The molecule has 1 aromatic heterocycles. The maximum Gasteiger partial charge on any atom is 0.272 e. The number of amides is 1. The van der Waals surface area contributed by atoms with Gasteiger partial charge < -0.3 is 10.3 Å². The van der Waals surface area contributed by atoms with Crippen molar-refractivity contribution >= 4 is 17.4 Å². The molecule has 1 fully saturated rings.